The van der Waals surface area contributed by atoms with Crippen LogP contribution in [0, 0.1) is 0 Å². The molecule has 2 aromatic heterocycles. The molecule has 27 heavy (non-hydrogen) atoms. The summed E-state index contributed by atoms with van der Waals surface area (Å²) in [6.45, 7) is 1.37. The van der Waals surface area contributed by atoms with Crippen molar-refractivity contribution in [3.05, 3.63) is 40.7 Å². The molecule has 4 rings (SSSR count). The van der Waals surface area contributed by atoms with Crippen molar-refractivity contribution in [3.8, 4) is 0 Å². The van der Waals surface area contributed by atoms with Gasteiger partial charge in [0.2, 0.25) is 0 Å². The van der Waals surface area contributed by atoms with Crippen molar-refractivity contribution in [2.24, 2.45) is 0 Å². The minimum absolute atomic E-state index is 0.0294. The Kier molecular flexibility index (Phi) is 5.42. The molecule has 1 N–H and O–H groups in total. The molecule has 2 aromatic rings. The van der Waals surface area contributed by atoms with Crippen LogP contribution in [0.2, 0.25) is 0 Å². The summed E-state index contributed by atoms with van der Waals surface area (Å²) in [7, 11) is 0. The molecular weight excluding hydrogens is 362 g/mol. The number of nitrogens with zero attached hydrogens (tertiary/aromatic N) is 4. The maximum absolute atomic E-state index is 12.3. The number of pyridine rings is 1. The summed E-state index contributed by atoms with van der Waals surface area (Å²) in [5.74, 6) is 0.238. The standard InChI is InChI=1S/C19H23N5O2S/c25-18(21-15-3-1-2-4-15)14-5-6-16(20-11-14)13-7-9-24(10-8-13)19(26)17-12-27-23-22-17/h5-6,11-13,15H,1-4,7-10H2,(H,21,25). The van der Waals surface area contributed by atoms with E-state index in [4.69, 9.17) is 0 Å². The SMILES string of the molecule is O=C(NC1CCCC1)c1ccc(C2CCN(C(=O)c3csnn3)CC2)nc1. The van der Waals surface area contributed by atoms with Gasteiger partial charge in [-0.25, -0.2) is 0 Å². The van der Waals surface area contributed by atoms with E-state index in [1.165, 1.54) is 24.4 Å². The first-order valence-corrected chi connectivity index (χ1v) is 10.4. The van der Waals surface area contributed by atoms with Crippen LogP contribution in [-0.4, -0.2) is 50.4 Å². The Bertz CT molecular complexity index is 779. The zero-order valence-corrected chi connectivity index (χ0v) is 16.0. The molecule has 1 saturated heterocycles. The number of aromatic nitrogens is 3. The number of amides is 2. The second-order valence-corrected chi connectivity index (χ2v) is 7.89. The predicted octanol–water partition coefficient (Wildman–Crippen LogP) is 2.63. The highest BCUT2D eigenvalue weighted by molar-refractivity contribution is 7.03. The number of carbonyl (C=O) groups excluding carboxylic acids is 2. The third-order valence-electron chi connectivity index (χ3n) is 5.52. The van der Waals surface area contributed by atoms with Gasteiger partial charge in [0.1, 0.15) is 0 Å². The fourth-order valence-electron chi connectivity index (χ4n) is 3.92. The van der Waals surface area contributed by atoms with Crippen molar-refractivity contribution in [2.45, 2.75) is 50.5 Å². The number of rotatable bonds is 4. The van der Waals surface area contributed by atoms with Gasteiger partial charge in [0.15, 0.2) is 5.69 Å². The fourth-order valence-corrected chi connectivity index (χ4v) is 4.35. The lowest BCUT2D eigenvalue weighted by Crippen LogP contribution is -2.38. The molecule has 0 spiro atoms. The first kappa shape index (κ1) is 18.0. The van der Waals surface area contributed by atoms with Gasteiger partial charge in [-0.3, -0.25) is 14.6 Å². The van der Waals surface area contributed by atoms with Gasteiger partial charge in [0.05, 0.1) is 5.56 Å². The second-order valence-electron chi connectivity index (χ2n) is 7.28. The molecule has 8 heteroatoms. The van der Waals surface area contributed by atoms with E-state index in [1.807, 2.05) is 17.0 Å². The predicted molar refractivity (Wildman–Crippen MR) is 102 cm³/mol. The minimum Gasteiger partial charge on any atom is -0.349 e. The molecule has 0 unspecified atom stereocenters. The summed E-state index contributed by atoms with van der Waals surface area (Å²) in [6, 6.07) is 4.13. The van der Waals surface area contributed by atoms with E-state index in [2.05, 4.69) is 19.9 Å². The largest absolute Gasteiger partial charge is 0.349 e. The highest BCUT2D eigenvalue weighted by Crippen LogP contribution is 2.27. The van der Waals surface area contributed by atoms with Crippen molar-refractivity contribution in [2.75, 3.05) is 13.1 Å². The van der Waals surface area contributed by atoms with Gasteiger partial charge in [0.25, 0.3) is 11.8 Å². The van der Waals surface area contributed by atoms with Crippen molar-refractivity contribution in [1.82, 2.24) is 24.8 Å². The van der Waals surface area contributed by atoms with Crippen LogP contribution in [0.3, 0.4) is 0 Å². The zero-order chi connectivity index (χ0) is 18.6. The molecule has 1 aliphatic heterocycles. The van der Waals surface area contributed by atoms with E-state index >= 15 is 0 Å². The van der Waals surface area contributed by atoms with Gasteiger partial charge in [-0.1, -0.05) is 17.3 Å². The van der Waals surface area contributed by atoms with Crippen LogP contribution in [0.15, 0.2) is 23.7 Å². The molecule has 0 aromatic carbocycles. The lowest BCUT2D eigenvalue weighted by molar-refractivity contribution is 0.0705. The van der Waals surface area contributed by atoms with Crippen LogP contribution >= 0.6 is 11.5 Å². The summed E-state index contributed by atoms with van der Waals surface area (Å²) >= 11 is 1.19. The Balaban J connectivity index is 1.32. The summed E-state index contributed by atoms with van der Waals surface area (Å²) < 4.78 is 3.76. The number of piperidine rings is 1. The van der Waals surface area contributed by atoms with Crippen molar-refractivity contribution in [1.29, 1.82) is 0 Å². The molecule has 7 nitrogen and oxygen atoms in total. The molecule has 2 aliphatic rings. The van der Waals surface area contributed by atoms with Crippen molar-refractivity contribution < 1.29 is 9.59 Å². The van der Waals surface area contributed by atoms with E-state index in [-0.39, 0.29) is 11.8 Å². The maximum atomic E-state index is 12.3. The van der Waals surface area contributed by atoms with Gasteiger partial charge in [-0.15, -0.1) is 5.10 Å². The molecule has 0 atom stereocenters. The number of carbonyl (C=O) groups is 2. The number of hydrogen-bond acceptors (Lipinski definition) is 6. The van der Waals surface area contributed by atoms with Crippen LogP contribution in [0.5, 0.6) is 0 Å². The highest BCUT2D eigenvalue weighted by Gasteiger charge is 2.26. The van der Waals surface area contributed by atoms with Crippen LogP contribution in [0.4, 0.5) is 0 Å². The normalized spacial score (nSPS) is 18.6. The first-order valence-electron chi connectivity index (χ1n) is 9.54. The van der Waals surface area contributed by atoms with Crippen LogP contribution in [0.1, 0.15) is 71.0 Å². The molecule has 0 bridgehead atoms. The summed E-state index contributed by atoms with van der Waals surface area (Å²) in [6.07, 6.45) is 7.95. The summed E-state index contributed by atoms with van der Waals surface area (Å²) in [5.41, 5.74) is 2.04. The van der Waals surface area contributed by atoms with Gasteiger partial charge in [-0.2, -0.15) is 0 Å². The van der Waals surface area contributed by atoms with Crippen molar-refractivity contribution >= 4 is 23.3 Å². The Morgan fingerprint density at radius 1 is 1.11 bits per heavy atom. The lowest BCUT2D eigenvalue weighted by Gasteiger charge is -2.31. The molecular formula is C19H23N5O2S. The van der Waals surface area contributed by atoms with E-state index in [0.717, 1.165) is 31.4 Å². The average Bonchev–Trinajstić information content (AvgIpc) is 3.42. The second kappa shape index (κ2) is 8.12. The van der Waals surface area contributed by atoms with Crippen LogP contribution < -0.4 is 5.32 Å². The third kappa shape index (κ3) is 4.16. The molecule has 2 amide bonds. The van der Waals surface area contributed by atoms with Gasteiger partial charge < -0.3 is 10.2 Å². The minimum atomic E-state index is -0.0471. The Hall–Kier alpha value is -2.35. The Morgan fingerprint density at radius 3 is 2.52 bits per heavy atom. The number of likely N-dealkylation sites (tertiary alicyclic amines) is 1. The Labute approximate surface area is 162 Å². The molecule has 142 valence electrons. The van der Waals surface area contributed by atoms with Gasteiger partial charge >= 0.3 is 0 Å². The monoisotopic (exact) mass is 385 g/mol. The van der Waals surface area contributed by atoms with E-state index in [9.17, 15) is 9.59 Å². The molecule has 2 fully saturated rings. The number of nitrogens with one attached hydrogen (secondary N) is 1. The summed E-state index contributed by atoms with van der Waals surface area (Å²) in [5, 5.41) is 8.64. The van der Waals surface area contributed by atoms with E-state index < -0.39 is 0 Å². The smallest absolute Gasteiger partial charge is 0.275 e. The fraction of sp³-hybridized carbons (Fsp3) is 0.526. The quantitative estimate of drug-likeness (QED) is 0.874. The lowest BCUT2D eigenvalue weighted by atomic mass is 9.92. The van der Waals surface area contributed by atoms with E-state index in [0.29, 0.717) is 36.3 Å². The topological polar surface area (TPSA) is 88.1 Å². The zero-order valence-electron chi connectivity index (χ0n) is 15.1. The first-order chi connectivity index (χ1) is 13.2. The third-order valence-corrected chi connectivity index (χ3v) is 6.02. The summed E-state index contributed by atoms with van der Waals surface area (Å²) in [4.78, 5) is 31.0. The van der Waals surface area contributed by atoms with Gasteiger partial charge in [-0.05, 0) is 49.3 Å². The highest BCUT2D eigenvalue weighted by atomic mass is 32.1. The molecule has 1 saturated carbocycles. The average molecular weight is 385 g/mol. The van der Waals surface area contributed by atoms with E-state index in [1.54, 1.807) is 11.6 Å². The Morgan fingerprint density at radius 2 is 1.89 bits per heavy atom. The van der Waals surface area contributed by atoms with Gasteiger partial charge in [0, 0.05) is 42.3 Å². The molecule has 3 heterocycles. The van der Waals surface area contributed by atoms with Crippen LogP contribution in [-0.2, 0) is 0 Å². The molecule has 0 radical (unpaired) electrons. The maximum Gasteiger partial charge on any atom is 0.275 e. The van der Waals surface area contributed by atoms with Crippen molar-refractivity contribution in [3.63, 3.8) is 0 Å². The number of hydrogen-bond donors (Lipinski definition) is 1. The van der Waals surface area contributed by atoms with Crippen LogP contribution in [0.25, 0.3) is 0 Å². The molecule has 1 aliphatic carbocycles.